The van der Waals surface area contributed by atoms with Crippen LogP contribution in [0.1, 0.15) is 5.89 Å². The Labute approximate surface area is 96.3 Å². The molecule has 0 radical (unpaired) electrons. The minimum absolute atomic E-state index is 0.465. The molecule has 0 spiro atoms. The van der Waals surface area contributed by atoms with E-state index in [1.54, 1.807) is 12.4 Å². The summed E-state index contributed by atoms with van der Waals surface area (Å²) in [4.78, 5) is 12.2. The Balaban J connectivity index is 1.92. The number of nitrogens with two attached hydrogens (primary N) is 1. The molecule has 0 aliphatic carbocycles. The first-order valence-corrected chi connectivity index (χ1v) is 5.16. The fourth-order valence-electron chi connectivity index (χ4n) is 1.75. The summed E-state index contributed by atoms with van der Waals surface area (Å²) in [5.41, 5.74) is 7.59. The lowest BCUT2D eigenvalue weighted by molar-refractivity contribution is 0.372. The van der Waals surface area contributed by atoms with Crippen molar-refractivity contribution in [3.8, 4) is 0 Å². The summed E-state index contributed by atoms with van der Waals surface area (Å²) in [5, 5.41) is 3.55. The molecule has 3 aromatic rings. The van der Waals surface area contributed by atoms with Gasteiger partial charge >= 0.3 is 0 Å². The van der Waals surface area contributed by atoms with Gasteiger partial charge in [-0.25, -0.2) is 4.98 Å². The zero-order chi connectivity index (χ0) is 11.7. The Morgan fingerprint density at radius 3 is 3.18 bits per heavy atom. The van der Waals surface area contributed by atoms with E-state index in [0.29, 0.717) is 24.8 Å². The van der Waals surface area contributed by atoms with Crippen LogP contribution in [0, 0.1) is 0 Å². The summed E-state index contributed by atoms with van der Waals surface area (Å²) in [5.74, 6) is 1.05. The van der Waals surface area contributed by atoms with E-state index in [4.69, 9.17) is 10.3 Å². The zero-order valence-corrected chi connectivity index (χ0v) is 8.95. The maximum Gasteiger partial charge on any atom is 0.228 e. The van der Waals surface area contributed by atoms with Crippen LogP contribution in [0.5, 0.6) is 0 Å². The minimum atomic E-state index is 0.465. The quantitative estimate of drug-likeness (QED) is 0.709. The molecular formula is C10H10N6O. The first-order chi connectivity index (χ1) is 8.34. The average Bonchev–Trinajstić information content (AvgIpc) is 2.93. The average molecular weight is 230 g/mol. The van der Waals surface area contributed by atoms with Gasteiger partial charge in [0, 0.05) is 19.2 Å². The van der Waals surface area contributed by atoms with E-state index in [-0.39, 0.29) is 0 Å². The van der Waals surface area contributed by atoms with Gasteiger partial charge in [-0.3, -0.25) is 4.98 Å². The van der Waals surface area contributed by atoms with Crippen molar-refractivity contribution in [2.24, 2.45) is 0 Å². The van der Waals surface area contributed by atoms with Crippen molar-refractivity contribution in [1.82, 2.24) is 24.7 Å². The number of hydrogen-bond donors (Lipinski definition) is 1. The molecule has 0 aliphatic heterocycles. The standard InChI is InChI=1S/C10H10N6O/c11-10-15-7-5-12-3-1-8(7)16(10)4-2-9-13-6-14-17-9/h1,3,5-6H,2,4H2,(H2,11,15). The van der Waals surface area contributed by atoms with Gasteiger partial charge < -0.3 is 14.8 Å². The number of imidazole rings is 1. The second-order valence-corrected chi connectivity index (χ2v) is 3.57. The predicted molar refractivity (Wildman–Crippen MR) is 59.9 cm³/mol. The number of anilines is 1. The molecule has 86 valence electrons. The fourth-order valence-corrected chi connectivity index (χ4v) is 1.75. The van der Waals surface area contributed by atoms with E-state index in [2.05, 4.69) is 20.1 Å². The molecule has 0 atom stereocenters. The highest BCUT2D eigenvalue weighted by atomic mass is 16.5. The van der Waals surface area contributed by atoms with Gasteiger partial charge in [0.1, 0.15) is 5.52 Å². The third kappa shape index (κ3) is 1.71. The summed E-state index contributed by atoms with van der Waals surface area (Å²) in [7, 11) is 0. The maximum absolute atomic E-state index is 5.85. The van der Waals surface area contributed by atoms with Crippen LogP contribution in [0.15, 0.2) is 29.3 Å². The van der Waals surface area contributed by atoms with E-state index in [9.17, 15) is 0 Å². The van der Waals surface area contributed by atoms with E-state index >= 15 is 0 Å². The van der Waals surface area contributed by atoms with Gasteiger partial charge in [-0.1, -0.05) is 5.16 Å². The van der Waals surface area contributed by atoms with Crippen LogP contribution in [0.3, 0.4) is 0 Å². The lowest BCUT2D eigenvalue weighted by Crippen LogP contribution is -2.05. The smallest absolute Gasteiger partial charge is 0.228 e. The van der Waals surface area contributed by atoms with Crippen LogP contribution in [0.4, 0.5) is 5.95 Å². The molecule has 7 heteroatoms. The number of nitrogens with zero attached hydrogens (tertiary/aromatic N) is 5. The lowest BCUT2D eigenvalue weighted by atomic mass is 10.3. The molecule has 0 aromatic carbocycles. The first kappa shape index (κ1) is 9.76. The molecule has 17 heavy (non-hydrogen) atoms. The SMILES string of the molecule is Nc1nc2cnccc2n1CCc1ncno1. The number of aromatic nitrogens is 5. The van der Waals surface area contributed by atoms with Crippen LogP contribution in [0.25, 0.3) is 11.0 Å². The topological polar surface area (TPSA) is 95.7 Å². The normalized spacial score (nSPS) is 11.1. The molecule has 3 rings (SSSR count). The van der Waals surface area contributed by atoms with Crippen molar-refractivity contribution in [3.05, 3.63) is 30.7 Å². The molecule has 0 bridgehead atoms. The Morgan fingerprint density at radius 2 is 2.35 bits per heavy atom. The summed E-state index contributed by atoms with van der Waals surface area (Å²) < 4.78 is 6.84. The number of rotatable bonds is 3. The maximum atomic E-state index is 5.85. The fraction of sp³-hybridized carbons (Fsp3) is 0.200. The molecule has 0 fully saturated rings. The van der Waals surface area contributed by atoms with Gasteiger partial charge in [-0.15, -0.1) is 0 Å². The predicted octanol–water partition coefficient (Wildman–Crippen LogP) is 0.639. The van der Waals surface area contributed by atoms with Crippen LogP contribution < -0.4 is 5.73 Å². The molecule has 2 N–H and O–H groups in total. The number of fused-ring (bicyclic) bond motifs is 1. The molecule has 3 aromatic heterocycles. The van der Waals surface area contributed by atoms with Crippen LogP contribution in [-0.2, 0) is 13.0 Å². The highest BCUT2D eigenvalue weighted by Gasteiger charge is 2.08. The zero-order valence-electron chi connectivity index (χ0n) is 8.95. The second-order valence-electron chi connectivity index (χ2n) is 3.57. The highest BCUT2D eigenvalue weighted by Crippen LogP contribution is 2.16. The van der Waals surface area contributed by atoms with Crippen molar-refractivity contribution < 1.29 is 4.52 Å². The Morgan fingerprint density at radius 1 is 1.41 bits per heavy atom. The molecule has 0 unspecified atom stereocenters. The Bertz CT molecular complexity index is 629. The third-order valence-corrected chi connectivity index (χ3v) is 2.54. The van der Waals surface area contributed by atoms with E-state index < -0.39 is 0 Å². The molecule has 0 saturated heterocycles. The summed E-state index contributed by atoms with van der Waals surface area (Å²) in [6.45, 7) is 0.647. The summed E-state index contributed by atoms with van der Waals surface area (Å²) >= 11 is 0. The lowest BCUT2D eigenvalue weighted by Gasteiger charge is -2.03. The van der Waals surface area contributed by atoms with Gasteiger partial charge in [0.05, 0.1) is 11.7 Å². The van der Waals surface area contributed by atoms with Crippen molar-refractivity contribution in [2.75, 3.05) is 5.73 Å². The molecule has 0 saturated carbocycles. The van der Waals surface area contributed by atoms with E-state index in [0.717, 1.165) is 11.0 Å². The number of hydrogen-bond acceptors (Lipinski definition) is 6. The first-order valence-electron chi connectivity index (χ1n) is 5.16. The Kier molecular flexibility index (Phi) is 2.21. The monoisotopic (exact) mass is 230 g/mol. The van der Waals surface area contributed by atoms with Crippen LogP contribution >= 0.6 is 0 Å². The largest absolute Gasteiger partial charge is 0.369 e. The second kappa shape index (κ2) is 3.85. The highest BCUT2D eigenvalue weighted by molar-refractivity contribution is 5.76. The molecule has 7 nitrogen and oxygen atoms in total. The van der Waals surface area contributed by atoms with Crippen molar-refractivity contribution in [2.45, 2.75) is 13.0 Å². The number of aryl methyl sites for hydroxylation is 2. The van der Waals surface area contributed by atoms with E-state index in [1.807, 2.05) is 10.6 Å². The van der Waals surface area contributed by atoms with Crippen LogP contribution in [0.2, 0.25) is 0 Å². The third-order valence-electron chi connectivity index (χ3n) is 2.54. The van der Waals surface area contributed by atoms with Crippen molar-refractivity contribution >= 4 is 17.0 Å². The van der Waals surface area contributed by atoms with Gasteiger partial charge in [0.25, 0.3) is 0 Å². The van der Waals surface area contributed by atoms with Gasteiger partial charge in [0.15, 0.2) is 6.33 Å². The minimum Gasteiger partial charge on any atom is -0.369 e. The summed E-state index contributed by atoms with van der Waals surface area (Å²) in [6.07, 6.45) is 5.41. The van der Waals surface area contributed by atoms with Crippen molar-refractivity contribution in [3.63, 3.8) is 0 Å². The van der Waals surface area contributed by atoms with Crippen molar-refractivity contribution in [1.29, 1.82) is 0 Å². The Hall–Kier alpha value is -2.44. The molecule has 0 aliphatic rings. The number of nitrogen functional groups attached to an aromatic ring is 1. The van der Waals surface area contributed by atoms with Gasteiger partial charge in [-0.05, 0) is 6.07 Å². The molecule has 0 amide bonds. The molecule has 3 heterocycles. The van der Waals surface area contributed by atoms with E-state index in [1.165, 1.54) is 6.33 Å². The van der Waals surface area contributed by atoms with Gasteiger partial charge in [-0.2, -0.15) is 4.98 Å². The molecular weight excluding hydrogens is 220 g/mol. The van der Waals surface area contributed by atoms with Crippen LogP contribution in [-0.4, -0.2) is 24.7 Å². The summed E-state index contributed by atoms with van der Waals surface area (Å²) in [6, 6.07) is 1.88. The number of pyridine rings is 1. The van der Waals surface area contributed by atoms with Gasteiger partial charge in [0.2, 0.25) is 11.8 Å².